The first kappa shape index (κ1) is 22.9. The van der Waals surface area contributed by atoms with Gasteiger partial charge in [-0.15, -0.1) is 5.10 Å². The smallest absolute Gasteiger partial charge is 0.322 e. The summed E-state index contributed by atoms with van der Waals surface area (Å²) in [6, 6.07) is 8.81. The summed E-state index contributed by atoms with van der Waals surface area (Å²) in [7, 11) is -0.143. The van der Waals surface area contributed by atoms with Crippen molar-refractivity contribution in [2.45, 2.75) is 31.3 Å². The third-order valence-electron chi connectivity index (χ3n) is 5.24. The topological polar surface area (TPSA) is 131 Å². The highest BCUT2D eigenvalue weighted by Gasteiger charge is 2.28. The first-order valence-electron chi connectivity index (χ1n) is 10.3. The van der Waals surface area contributed by atoms with Crippen LogP contribution in [0, 0.1) is 5.92 Å². The number of hydrogen-bond acceptors (Lipinski definition) is 7. The van der Waals surface area contributed by atoms with Gasteiger partial charge in [0.05, 0.1) is 22.5 Å². The lowest BCUT2D eigenvalue weighted by Gasteiger charge is -2.17. The molecule has 0 saturated heterocycles. The van der Waals surface area contributed by atoms with Crippen LogP contribution in [0.4, 0.5) is 0 Å². The minimum atomic E-state index is -4.05. The second-order valence-corrected chi connectivity index (χ2v) is 10.2. The Morgan fingerprint density at radius 2 is 1.91 bits per heavy atom. The Labute approximate surface area is 190 Å². The van der Waals surface area contributed by atoms with Gasteiger partial charge in [0.2, 0.25) is 10.0 Å². The molecule has 174 valence electrons. The number of aromatic nitrogens is 3. The van der Waals surface area contributed by atoms with Crippen LogP contribution in [0.2, 0.25) is 0 Å². The molecule has 2 aromatic heterocycles. The van der Waals surface area contributed by atoms with Crippen molar-refractivity contribution in [1.82, 2.24) is 24.6 Å². The fourth-order valence-corrected chi connectivity index (χ4v) is 4.94. The van der Waals surface area contributed by atoms with Gasteiger partial charge < -0.3 is 14.4 Å². The van der Waals surface area contributed by atoms with Crippen molar-refractivity contribution in [1.29, 1.82) is 0 Å². The van der Waals surface area contributed by atoms with E-state index in [2.05, 4.69) is 15.0 Å². The van der Waals surface area contributed by atoms with E-state index in [1.807, 2.05) is 37.3 Å². The van der Waals surface area contributed by atoms with Gasteiger partial charge in [0, 0.05) is 23.4 Å². The number of carboxylic acids is 1. The molecule has 1 atom stereocenters. The highest BCUT2D eigenvalue weighted by molar-refractivity contribution is 7.89. The third kappa shape index (κ3) is 4.61. The highest BCUT2D eigenvalue weighted by Crippen LogP contribution is 2.32. The summed E-state index contributed by atoms with van der Waals surface area (Å²) in [6.07, 6.45) is 1.85. The Morgan fingerprint density at radius 3 is 2.58 bits per heavy atom. The highest BCUT2D eigenvalue weighted by atomic mass is 32.2. The molecule has 0 unspecified atom stereocenters. The molecule has 11 heteroatoms. The molecule has 2 N–H and O–H groups in total. The van der Waals surface area contributed by atoms with E-state index < -0.39 is 28.0 Å². The molecule has 4 rings (SSSR count). The maximum Gasteiger partial charge on any atom is 0.322 e. The zero-order chi connectivity index (χ0) is 23.9. The van der Waals surface area contributed by atoms with Crippen LogP contribution < -0.4 is 4.72 Å². The largest absolute Gasteiger partial charge is 0.480 e. The molecule has 0 aliphatic heterocycles. The lowest BCUT2D eigenvalue weighted by atomic mass is 10.1. The van der Waals surface area contributed by atoms with Crippen molar-refractivity contribution in [2.75, 3.05) is 14.1 Å². The molecular formula is C22H25N5O5S. The number of furan rings is 1. The van der Waals surface area contributed by atoms with E-state index in [4.69, 9.17) is 4.42 Å². The Kier molecular flexibility index (Phi) is 5.95. The Morgan fingerprint density at radius 1 is 1.15 bits per heavy atom. The molecule has 0 amide bonds. The minimum Gasteiger partial charge on any atom is -0.480 e. The van der Waals surface area contributed by atoms with Crippen molar-refractivity contribution >= 4 is 37.9 Å². The summed E-state index contributed by atoms with van der Waals surface area (Å²) in [6.45, 7) is 3.95. The fourth-order valence-electron chi connectivity index (χ4n) is 3.58. The number of aliphatic carboxylic acids is 1. The molecule has 0 saturated carbocycles. The molecule has 0 aliphatic carbocycles. The van der Waals surface area contributed by atoms with Crippen LogP contribution in [0.3, 0.4) is 0 Å². The van der Waals surface area contributed by atoms with Gasteiger partial charge in [-0.05, 0) is 50.3 Å². The predicted molar refractivity (Wildman–Crippen MR) is 123 cm³/mol. The second-order valence-electron chi connectivity index (χ2n) is 8.51. The number of nitrogens with one attached hydrogen (secondary N) is 1. The molecule has 0 radical (unpaired) electrons. The third-order valence-corrected chi connectivity index (χ3v) is 6.67. The van der Waals surface area contributed by atoms with Crippen molar-refractivity contribution < 1.29 is 22.7 Å². The van der Waals surface area contributed by atoms with Crippen LogP contribution >= 0.6 is 0 Å². The fraction of sp³-hybridized carbons (Fsp3) is 0.318. The number of carboxylic acid groups (broad SMARTS) is 1. The lowest BCUT2D eigenvalue weighted by Crippen LogP contribution is -2.44. The Hall–Kier alpha value is -3.28. The van der Waals surface area contributed by atoms with E-state index in [0.717, 1.165) is 22.2 Å². The summed E-state index contributed by atoms with van der Waals surface area (Å²) in [4.78, 5) is 13.4. The maximum atomic E-state index is 12.8. The van der Waals surface area contributed by atoms with Crippen molar-refractivity contribution in [2.24, 2.45) is 5.92 Å². The number of benzene rings is 2. The van der Waals surface area contributed by atoms with E-state index in [-0.39, 0.29) is 4.90 Å². The van der Waals surface area contributed by atoms with Crippen LogP contribution in [0.5, 0.6) is 0 Å². The van der Waals surface area contributed by atoms with Crippen LogP contribution in [-0.2, 0) is 21.4 Å². The predicted octanol–water partition coefficient (Wildman–Crippen LogP) is 2.62. The lowest BCUT2D eigenvalue weighted by molar-refractivity contribution is -0.140. The SMILES string of the molecule is CC(C)[C@H](NS(=O)(=O)c1ccc2c(c1)oc1ccc(-n3cc(CN(C)C)nn3)cc12)C(=O)O. The van der Waals surface area contributed by atoms with Crippen LogP contribution in [-0.4, -0.2) is 59.5 Å². The van der Waals surface area contributed by atoms with E-state index in [1.165, 1.54) is 12.1 Å². The van der Waals surface area contributed by atoms with Gasteiger partial charge in [-0.3, -0.25) is 4.79 Å². The van der Waals surface area contributed by atoms with Gasteiger partial charge in [-0.2, -0.15) is 4.72 Å². The van der Waals surface area contributed by atoms with Gasteiger partial charge in [0.25, 0.3) is 0 Å². The molecule has 0 spiro atoms. The minimum absolute atomic E-state index is 0.0641. The number of hydrogen-bond donors (Lipinski definition) is 2. The number of rotatable bonds is 8. The Bertz CT molecular complexity index is 1440. The van der Waals surface area contributed by atoms with E-state index in [9.17, 15) is 18.3 Å². The van der Waals surface area contributed by atoms with Gasteiger partial charge in [-0.25, -0.2) is 13.1 Å². The van der Waals surface area contributed by atoms with Crippen molar-refractivity contribution in [3.8, 4) is 5.69 Å². The van der Waals surface area contributed by atoms with Crippen molar-refractivity contribution in [3.05, 3.63) is 48.3 Å². The maximum absolute atomic E-state index is 12.8. The summed E-state index contributed by atoms with van der Waals surface area (Å²) in [5, 5.41) is 19.2. The summed E-state index contributed by atoms with van der Waals surface area (Å²) < 4.78 is 35.4. The van der Waals surface area contributed by atoms with Crippen LogP contribution in [0.15, 0.2) is 51.9 Å². The molecular weight excluding hydrogens is 446 g/mol. The monoisotopic (exact) mass is 471 g/mol. The van der Waals surface area contributed by atoms with E-state index in [1.54, 1.807) is 30.7 Å². The Balaban J connectivity index is 1.70. The van der Waals surface area contributed by atoms with Gasteiger partial charge in [0.1, 0.15) is 17.2 Å². The number of carbonyl (C=O) groups is 1. The van der Waals surface area contributed by atoms with E-state index in [0.29, 0.717) is 17.7 Å². The molecule has 2 aromatic carbocycles. The average Bonchev–Trinajstić information content (AvgIpc) is 3.34. The summed E-state index contributed by atoms with van der Waals surface area (Å²) >= 11 is 0. The molecule has 4 aromatic rings. The first-order chi connectivity index (χ1) is 15.5. The van der Waals surface area contributed by atoms with Crippen molar-refractivity contribution in [3.63, 3.8) is 0 Å². The first-order valence-corrected chi connectivity index (χ1v) is 11.8. The quantitative estimate of drug-likeness (QED) is 0.401. The molecule has 0 aliphatic rings. The zero-order valence-electron chi connectivity index (χ0n) is 18.7. The normalized spacial score (nSPS) is 13.4. The van der Waals surface area contributed by atoms with Gasteiger partial charge in [-0.1, -0.05) is 19.1 Å². The van der Waals surface area contributed by atoms with Gasteiger partial charge in [0.15, 0.2) is 0 Å². The zero-order valence-corrected chi connectivity index (χ0v) is 19.5. The number of sulfonamides is 1. The van der Waals surface area contributed by atoms with E-state index >= 15 is 0 Å². The summed E-state index contributed by atoms with van der Waals surface area (Å²) in [5.41, 5.74) is 2.60. The van der Waals surface area contributed by atoms with Crippen LogP contribution in [0.1, 0.15) is 19.5 Å². The molecule has 10 nitrogen and oxygen atoms in total. The molecule has 0 fully saturated rings. The average molecular weight is 472 g/mol. The number of nitrogens with zero attached hydrogens (tertiary/aromatic N) is 4. The van der Waals surface area contributed by atoms with Crippen LogP contribution in [0.25, 0.3) is 27.6 Å². The number of fused-ring (bicyclic) bond motifs is 3. The molecule has 0 bridgehead atoms. The standard InChI is InChI=1S/C22H25N5O5S/c1-13(2)21(22(28)29)24-33(30,31)16-6-7-17-18-9-15(5-8-19(18)32-20(17)10-16)27-12-14(23-25-27)11-26(3)4/h5-10,12-13,21,24H,11H2,1-4H3,(H,28,29)/t21-/m0/s1. The molecule has 2 heterocycles. The van der Waals surface area contributed by atoms with Gasteiger partial charge >= 0.3 is 5.97 Å². The second kappa shape index (κ2) is 8.58. The summed E-state index contributed by atoms with van der Waals surface area (Å²) in [5.74, 6) is -1.64. The molecule has 33 heavy (non-hydrogen) atoms.